The van der Waals surface area contributed by atoms with Gasteiger partial charge in [-0.3, -0.25) is 9.69 Å². The lowest BCUT2D eigenvalue weighted by molar-refractivity contribution is -0.133. The highest BCUT2D eigenvalue weighted by Gasteiger charge is 2.34. The lowest BCUT2D eigenvalue weighted by atomic mass is 10.2. The molecule has 2 aliphatic heterocycles. The van der Waals surface area contributed by atoms with E-state index < -0.39 is 15.7 Å². The summed E-state index contributed by atoms with van der Waals surface area (Å²) >= 11 is 0. The summed E-state index contributed by atoms with van der Waals surface area (Å²) in [6.45, 7) is 3.00. The molecule has 2 saturated heterocycles. The molecule has 2 aliphatic rings. The van der Waals surface area contributed by atoms with Crippen LogP contribution in [0.2, 0.25) is 0 Å². The number of hydrogen-bond acceptors (Lipinski definition) is 5. The van der Waals surface area contributed by atoms with E-state index in [9.17, 15) is 17.6 Å². The maximum atomic E-state index is 13.4. The van der Waals surface area contributed by atoms with E-state index in [1.165, 1.54) is 6.07 Å². The second kappa shape index (κ2) is 8.35. The highest BCUT2D eigenvalue weighted by molar-refractivity contribution is 7.91. The Morgan fingerprint density at radius 3 is 2.58 bits per heavy atom. The summed E-state index contributed by atoms with van der Waals surface area (Å²) < 4.78 is 42.0. The highest BCUT2D eigenvalue weighted by atomic mass is 32.2. The van der Waals surface area contributed by atoms with Crippen LogP contribution in [0.4, 0.5) is 4.39 Å². The van der Waals surface area contributed by atoms with Crippen LogP contribution in [0.15, 0.2) is 24.3 Å². The van der Waals surface area contributed by atoms with Gasteiger partial charge in [-0.05, 0) is 25.0 Å². The fraction of sp³-hybridized carbons (Fsp3) is 0.611. The van der Waals surface area contributed by atoms with Crippen LogP contribution >= 0.6 is 0 Å². The predicted molar refractivity (Wildman–Crippen MR) is 96.3 cm³/mol. The van der Waals surface area contributed by atoms with Gasteiger partial charge in [-0.2, -0.15) is 0 Å². The van der Waals surface area contributed by atoms with E-state index in [4.69, 9.17) is 4.74 Å². The summed E-state index contributed by atoms with van der Waals surface area (Å²) in [5.41, 5.74) is 0. The first-order valence-electron chi connectivity index (χ1n) is 9.04. The number of ether oxygens (including phenoxy) is 1. The van der Waals surface area contributed by atoms with E-state index in [0.717, 1.165) is 13.1 Å². The minimum atomic E-state index is -2.88. The first-order chi connectivity index (χ1) is 12.4. The molecule has 0 N–H and O–H groups in total. The number of benzene rings is 1. The van der Waals surface area contributed by atoms with Crippen molar-refractivity contribution in [2.75, 3.05) is 44.3 Å². The molecule has 8 heteroatoms. The molecule has 1 aromatic carbocycles. The number of amides is 1. The minimum Gasteiger partial charge on any atom is -0.491 e. The van der Waals surface area contributed by atoms with Crippen molar-refractivity contribution in [1.29, 1.82) is 0 Å². The molecule has 0 bridgehead atoms. The Morgan fingerprint density at radius 1 is 1.19 bits per heavy atom. The number of carbonyl (C=O) groups is 1. The monoisotopic (exact) mass is 384 g/mol. The molecule has 0 radical (unpaired) electrons. The Bertz CT molecular complexity index is 732. The van der Waals surface area contributed by atoms with Crippen LogP contribution in [-0.4, -0.2) is 74.5 Å². The molecule has 1 aromatic rings. The largest absolute Gasteiger partial charge is 0.491 e. The van der Waals surface area contributed by atoms with Gasteiger partial charge in [0.25, 0.3) is 0 Å². The summed E-state index contributed by atoms with van der Waals surface area (Å²) in [6, 6.07) is 6.33. The lowest BCUT2D eigenvalue weighted by Crippen LogP contribution is -2.52. The predicted octanol–water partition coefficient (Wildman–Crippen LogP) is 1.32. The zero-order valence-corrected chi connectivity index (χ0v) is 15.6. The number of piperazine rings is 1. The van der Waals surface area contributed by atoms with E-state index in [1.54, 1.807) is 18.2 Å². The third-order valence-electron chi connectivity index (χ3n) is 5.02. The summed E-state index contributed by atoms with van der Waals surface area (Å²) in [5.74, 6) is 0.400. The van der Waals surface area contributed by atoms with Crippen LogP contribution in [0.1, 0.15) is 19.3 Å². The average molecular weight is 384 g/mol. The SMILES string of the molecule is O=C(CCCOc1ccccc1F)N1CCN(C2CCS(=O)(=O)C2)CC1. The molecule has 26 heavy (non-hydrogen) atoms. The molecule has 0 spiro atoms. The first-order valence-corrected chi connectivity index (χ1v) is 10.9. The molecule has 3 rings (SSSR count). The van der Waals surface area contributed by atoms with Gasteiger partial charge < -0.3 is 9.64 Å². The number of halogens is 1. The van der Waals surface area contributed by atoms with Crippen molar-refractivity contribution >= 4 is 15.7 Å². The van der Waals surface area contributed by atoms with Gasteiger partial charge in [0.2, 0.25) is 5.91 Å². The van der Waals surface area contributed by atoms with Gasteiger partial charge in [-0.25, -0.2) is 12.8 Å². The molecule has 144 valence electrons. The number of rotatable bonds is 6. The van der Waals surface area contributed by atoms with Gasteiger partial charge in [0.05, 0.1) is 18.1 Å². The van der Waals surface area contributed by atoms with Crippen LogP contribution in [0, 0.1) is 5.82 Å². The van der Waals surface area contributed by atoms with Crippen LogP contribution in [0.3, 0.4) is 0 Å². The van der Waals surface area contributed by atoms with Crippen LogP contribution in [0.5, 0.6) is 5.75 Å². The average Bonchev–Trinajstić information content (AvgIpc) is 3.00. The Morgan fingerprint density at radius 2 is 1.92 bits per heavy atom. The van der Waals surface area contributed by atoms with Crippen molar-refractivity contribution in [3.05, 3.63) is 30.1 Å². The number of hydrogen-bond donors (Lipinski definition) is 0. The molecule has 1 atom stereocenters. The van der Waals surface area contributed by atoms with E-state index >= 15 is 0 Å². The molecular weight excluding hydrogens is 359 g/mol. The van der Waals surface area contributed by atoms with E-state index in [2.05, 4.69) is 4.90 Å². The zero-order chi connectivity index (χ0) is 18.6. The number of carbonyl (C=O) groups excluding carboxylic acids is 1. The molecule has 0 aromatic heterocycles. The normalized spacial score (nSPS) is 23.1. The van der Waals surface area contributed by atoms with Crippen molar-refractivity contribution in [1.82, 2.24) is 9.80 Å². The molecule has 0 aliphatic carbocycles. The second-order valence-electron chi connectivity index (χ2n) is 6.86. The smallest absolute Gasteiger partial charge is 0.222 e. The maximum absolute atomic E-state index is 13.4. The third kappa shape index (κ3) is 4.94. The summed E-state index contributed by atoms with van der Waals surface area (Å²) in [6.07, 6.45) is 1.60. The molecule has 1 amide bonds. The van der Waals surface area contributed by atoms with E-state index in [0.29, 0.717) is 39.0 Å². The van der Waals surface area contributed by atoms with Crippen molar-refractivity contribution in [3.8, 4) is 5.75 Å². The molecule has 6 nitrogen and oxygen atoms in total. The van der Waals surface area contributed by atoms with Crippen LogP contribution in [0.25, 0.3) is 0 Å². The molecule has 2 fully saturated rings. The molecule has 0 saturated carbocycles. The van der Waals surface area contributed by atoms with E-state index in [1.807, 2.05) is 4.90 Å². The number of sulfone groups is 1. The standard InChI is InChI=1S/C18H25FN2O4S/c19-16-4-1-2-5-17(16)25-12-3-6-18(22)21-10-8-20(9-11-21)15-7-13-26(23,24)14-15/h1-2,4-5,15H,3,6-14H2. The Hall–Kier alpha value is -1.67. The molecule has 2 heterocycles. The van der Waals surface area contributed by atoms with Crippen LogP contribution in [-0.2, 0) is 14.6 Å². The van der Waals surface area contributed by atoms with Gasteiger partial charge in [0.15, 0.2) is 21.4 Å². The lowest BCUT2D eigenvalue weighted by Gasteiger charge is -2.37. The number of para-hydroxylation sites is 1. The molecule has 1 unspecified atom stereocenters. The fourth-order valence-electron chi connectivity index (χ4n) is 3.53. The fourth-order valence-corrected chi connectivity index (χ4v) is 5.29. The highest BCUT2D eigenvalue weighted by Crippen LogP contribution is 2.20. The van der Waals surface area contributed by atoms with Crippen LogP contribution < -0.4 is 4.74 Å². The van der Waals surface area contributed by atoms with Gasteiger partial charge in [0.1, 0.15) is 0 Å². The van der Waals surface area contributed by atoms with E-state index in [-0.39, 0.29) is 29.2 Å². The van der Waals surface area contributed by atoms with Crippen molar-refractivity contribution in [2.45, 2.75) is 25.3 Å². The van der Waals surface area contributed by atoms with Gasteiger partial charge in [0, 0.05) is 38.6 Å². The van der Waals surface area contributed by atoms with Gasteiger partial charge in [-0.1, -0.05) is 12.1 Å². The van der Waals surface area contributed by atoms with Crippen molar-refractivity contribution < 1.29 is 22.3 Å². The minimum absolute atomic E-state index is 0.0702. The summed E-state index contributed by atoms with van der Waals surface area (Å²) in [7, 11) is -2.88. The van der Waals surface area contributed by atoms with Crippen molar-refractivity contribution in [3.63, 3.8) is 0 Å². The Kier molecular flexibility index (Phi) is 6.13. The number of nitrogens with zero attached hydrogens (tertiary/aromatic N) is 2. The van der Waals surface area contributed by atoms with Gasteiger partial charge >= 0.3 is 0 Å². The quantitative estimate of drug-likeness (QED) is 0.692. The topological polar surface area (TPSA) is 66.9 Å². The third-order valence-corrected chi connectivity index (χ3v) is 6.77. The first kappa shape index (κ1) is 19.1. The molecular formula is C18H25FN2O4S. The second-order valence-corrected chi connectivity index (χ2v) is 9.08. The van der Waals surface area contributed by atoms with Gasteiger partial charge in [-0.15, -0.1) is 0 Å². The Labute approximate surface area is 153 Å². The maximum Gasteiger partial charge on any atom is 0.222 e. The van der Waals surface area contributed by atoms with Crippen molar-refractivity contribution in [2.24, 2.45) is 0 Å². The zero-order valence-electron chi connectivity index (χ0n) is 14.8. The Balaban J connectivity index is 1.35. The summed E-state index contributed by atoms with van der Waals surface area (Å²) in [5, 5.41) is 0. The summed E-state index contributed by atoms with van der Waals surface area (Å²) in [4.78, 5) is 16.3.